The van der Waals surface area contributed by atoms with Crippen molar-refractivity contribution in [3.8, 4) is 0 Å². The van der Waals surface area contributed by atoms with Gasteiger partial charge in [-0.3, -0.25) is 9.89 Å². The number of aromatic nitrogens is 3. The number of nitrogens with zero attached hydrogens (tertiary/aromatic N) is 3. The molecule has 2 heterocycles. The van der Waals surface area contributed by atoms with Gasteiger partial charge in [-0.2, -0.15) is 5.10 Å². The van der Waals surface area contributed by atoms with Crippen molar-refractivity contribution in [2.24, 2.45) is 5.73 Å². The fourth-order valence-corrected chi connectivity index (χ4v) is 2.48. The minimum atomic E-state index is -0.814. The van der Waals surface area contributed by atoms with E-state index in [9.17, 15) is 4.79 Å². The van der Waals surface area contributed by atoms with Crippen molar-refractivity contribution < 1.29 is 9.53 Å². The normalized spacial score (nSPS) is 22.6. The van der Waals surface area contributed by atoms with Crippen molar-refractivity contribution in [2.75, 3.05) is 19.7 Å². The second-order valence-corrected chi connectivity index (χ2v) is 5.56. The molecule has 0 aromatic carbocycles. The lowest BCUT2D eigenvalue weighted by molar-refractivity contribution is -0.144. The number of nitrogens with two attached hydrogens (primary N) is 1. The van der Waals surface area contributed by atoms with Crippen LogP contribution in [0.5, 0.6) is 0 Å². The van der Waals surface area contributed by atoms with E-state index < -0.39 is 5.54 Å². The second kappa shape index (κ2) is 5.88. The molecule has 3 N–H and O–H groups in total. The molecule has 2 unspecified atom stereocenters. The highest BCUT2D eigenvalue weighted by molar-refractivity contribution is 5.85. The largest absolute Gasteiger partial charge is 0.366 e. The molecule has 1 fully saturated rings. The van der Waals surface area contributed by atoms with Crippen LogP contribution in [0.15, 0.2) is 0 Å². The SMILES string of the molecule is CCCC(C)(N)C(=O)N1CCOC(c2n[nH]c(C)n2)C1. The number of hydrogen-bond donors (Lipinski definition) is 2. The first-order valence-electron chi connectivity index (χ1n) is 7.03. The lowest BCUT2D eigenvalue weighted by atomic mass is 9.95. The first kappa shape index (κ1) is 14.9. The fraction of sp³-hybridized carbons (Fsp3) is 0.769. The van der Waals surface area contributed by atoms with Crippen LogP contribution in [-0.4, -0.2) is 51.2 Å². The molecule has 1 aliphatic heterocycles. The monoisotopic (exact) mass is 281 g/mol. The van der Waals surface area contributed by atoms with Gasteiger partial charge in [-0.15, -0.1) is 0 Å². The van der Waals surface area contributed by atoms with Gasteiger partial charge < -0.3 is 15.4 Å². The molecular weight excluding hydrogens is 258 g/mol. The second-order valence-electron chi connectivity index (χ2n) is 5.56. The molecule has 2 atom stereocenters. The van der Waals surface area contributed by atoms with Crippen LogP contribution in [0.3, 0.4) is 0 Å². The van der Waals surface area contributed by atoms with Crippen LogP contribution in [-0.2, 0) is 9.53 Å². The number of carbonyl (C=O) groups is 1. The van der Waals surface area contributed by atoms with Gasteiger partial charge in [0.1, 0.15) is 11.9 Å². The van der Waals surface area contributed by atoms with Crippen LogP contribution in [0.4, 0.5) is 0 Å². The number of hydrogen-bond acceptors (Lipinski definition) is 5. The van der Waals surface area contributed by atoms with Crippen LogP contribution in [0.1, 0.15) is 44.4 Å². The third-order valence-corrected chi connectivity index (χ3v) is 3.51. The summed E-state index contributed by atoms with van der Waals surface area (Å²) in [5, 5.41) is 6.89. The summed E-state index contributed by atoms with van der Waals surface area (Å²) >= 11 is 0. The average Bonchev–Trinajstić information content (AvgIpc) is 2.85. The van der Waals surface area contributed by atoms with Gasteiger partial charge in [-0.1, -0.05) is 13.3 Å². The Morgan fingerprint density at radius 3 is 3.00 bits per heavy atom. The molecule has 2 rings (SSSR count). The van der Waals surface area contributed by atoms with E-state index in [0.717, 1.165) is 12.2 Å². The van der Waals surface area contributed by atoms with Crippen molar-refractivity contribution in [2.45, 2.75) is 45.3 Å². The summed E-state index contributed by atoms with van der Waals surface area (Å²) in [5.41, 5.74) is 5.31. The van der Waals surface area contributed by atoms with Gasteiger partial charge in [-0.25, -0.2) is 4.98 Å². The summed E-state index contributed by atoms with van der Waals surface area (Å²) in [6.07, 6.45) is 1.27. The highest BCUT2D eigenvalue weighted by Gasteiger charge is 2.35. The maximum absolute atomic E-state index is 12.5. The summed E-state index contributed by atoms with van der Waals surface area (Å²) in [7, 11) is 0. The molecule has 7 nitrogen and oxygen atoms in total. The Bertz CT molecular complexity index is 471. The van der Waals surface area contributed by atoms with Gasteiger partial charge in [0, 0.05) is 6.54 Å². The summed E-state index contributed by atoms with van der Waals surface area (Å²) in [6, 6.07) is 0. The molecule has 1 amide bonds. The van der Waals surface area contributed by atoms with Crippen LogP contribution < -0.4 is 5.73 Å². The topological polar surface area (TPSA) is 97.1 Å². The van der Waals surface area contributed by atoms with Crippen LogP contribution >= 0.6 is 0 Å². The van der Waals surface area contributed by atoms with Gasteiger partial charge in [0.05, 0.1) is 18.7 Å². The average molecular weight is 281 g/mol. The lowest BCUT2D eigenvalue weighted by Crippen LogP contribution is -2.56. The number of H-pyrrole nitrogens is 1. The van der Waals surface area contributed by atoms with Crippen LogP contribution in [0.2, 0.25) is 0 Å². The Labute approximate surface area is 118 Å². The summed E-state index contributed by atoms with van der Waals surface area (Å²) < 4.78 is 5.65. The van der Waals surface area contributed by atoms with E-state index in [2.05, 4.69) is 15.2 Å². The number of carbonyl (C=O) groups excluding carboxylic acids is 1. The smallest absolute Gasteiger partial charge is 0.242 e. The number of aryl methyl sites for hydroxylation is 1. The number of ether oxygens (including phenoxy) is 1. The molecule has 0 spiro atoms. The van der Waals surface area contributed by atoms with Crippen LogP contribution in [0, 0.1) is 6.92 Å². The number of morpholine rings is 1. The van der Waals surface area contributed by atoms with E-state index in [1.54, 1.807) is 11.8 Å². The number of rotatable bonds is 4. The Kier molecular flexibility index (Phi) is 4.39. The molecule has 0 saturated carbocycles. The molecule has 1 aromatic rings. The van der Waals surface area contributed by atoms with E-state index in [-0.39, 0.29) is 12.0 Å². The molecule has 1 saturated heterocycles. The highest BCUT2D eigenvalue weighted by atomic mass is 16.5. The fourth-order valence-electron chi connectivity index (χ4n) is 2.48. The van der Waals surface area contributed by atoms with Crippen molar-refractivity contribution >= 4 is 5.91 Å². The zero-order chi connectivity index (χ0) is 14.8. The zero-order valence-electron chi connectivity index (χ0n) is 12.3. The van der Waals surface area contributed by atoms with Crippen molar-refractivity contribution in [3.05, 3.63) is 11.6 Å². The summed E-state index contributed by atoms with van der Waals surface area (Å²) in [5.74, 6) is 1.30. The Morgan fingerprint density at radius 1 is 1.65 bits per heavy atom. The third kappa shape index (κ3) is 3.16. The predicted octanol–water partition coefficient (Wildman–Crippen LogP) is 0.531. The Morgan fingerprint density at radius 2 is 2.40 bits per heavy atom. The molecule has 0 bridgehead atoms. The molecule has 20 heavy (non-hydrogen) atoms. The molecule has 0 aliphatic carbocycles. The lowest BCUT2D eigenvalue weighted by Gasteiger charge is -2.36. The van der Waals surface area contributed by atoms with Gasteiger partial charge in [0.25, 0.3) is 0 Å². The summed E-state index contributed by atoms with van der Waals surface area (Å²) in [6.45, 7) is 7.14. The third-order valence-electron chi connectivity index (χ3n) is 3.51. The zero-order valence-corrected chi connectivity index (χ0v) is 12.3. The van der Waals surface area contributed by atoms with Crippen LogP contribution in [0.25, 0.3) is 0 Å². The minimum Gasteiger partial charge on any atom is -0.366 e. The molecule has 112 valence electrons. The minimum absolute atomic E-state index is 0.0279. The standard InChI is InChI=1S/C13H23N5O2/c1-4-5-13(3,14)12(19)18-6-7-20-10(8-18)11-15-9(2)16-17-11/h10H,4-8,14H2,1-3H3,(H,15,16,17). The van der Waals surface area contributed by atoms with Gasteiger partial charge in [-0.05, 0) is 20.3 Å². The van der Waals surface area contributed by atoms with E-state index in [4.69, 9.17) is 10.5 Å². The highest BCUT2D eigenvalue weighted by Crippen LogP contribution is 2.22. The van der Waals surface area contributed by atoms with Gasteiger partial charge in [0.15, 0.2) is 5.82 Å². The molecule has 1 aliphatic rings. The summed E-state index contributed by atoms with van der Waals surface area (Å²) in [4.78, 5) is 18.5. The number of nitrogens with one attached hydrogen (secondary N) is 1. The van der Waals surface area contributed by atoms with Crippen molar-refractivity contribution in [1.29, 1.82) is 0 Å². The Hall–Kier alpha value is -1.47. The number of aromatic amines is 1. The molecular formula is C13H23N5O2. The predicted molar refractivity (Wildman–Crippen MR) is 73.9 cm³/mol. The van der Waals surface area contributed by atoms with E-state index in [1.165, 1.54) is 0 Å². The Balaban J connectivity index is 2.05. The van der Waals surface area contributed by atoms with Crippen molar-refractivity contribution in [1.82, 2.24) is 20.1 Å². The molecule has 7 heteroatoms. The maximum atomic E-state index is 12.5. The van der Waals surface area contributed by atoms with Crippen molar-refractivity contribution in [3.63, 3.8) is 0 Å². The van der Waals surface area contributed by atoms with Gasteiger partial charge >= 0.3 is 0 Å². The molecule has 1 aromatic heterocycles. The number of amides is 1. The first-order chi connectivity index (χ1) is 9.44. The first-order valence-corrected chi connectivity index (χ1v) is 7.03. The molecule has 0 radical (unpaired) electrons. The van der Waals surface area contributed by atoms with Gasteiger partial charge in [0.2, 0.25) is 5.91 Å². The maximum Gasteiger partial charge on any atom is 0.242 e. The van der Waals surface area contributed by atoms with E-state index >= 15 is 0 Å². The van der Waals surface area contributed by atoms with E-state index in [0.29, 0.717) is 31.9 Å². The van der Waals surface area contributed by atoms with E-state index in [1.807, 2.05) is 13.8 Å². The quantitative estimate of drug-likeness (QED) is 0.839.